The molecule has 3 aliphatic heterocycles. The largest absolute Gasteiger partial charge is 0.466 e. The number of guanidine groups is 1. The van der Waals surface area contributed by atoms with E-state index >= 15 is 0 Å². The maximum absolute atomic E-state index is 12.8. The van der Waals surface area contributed by atoms with E-state index in [2.05, 4.69) is 14.8 Å². The molecular formula is C28H48N6O8. The van der Waals surface area contributed by atoms with Crippen molar-refractivity contribution in [1.29, 1.82) is 0 Å². The highest BCUT2D eigenvalue weighted by Crippen LogP contribution is 2.37. The normalized spacial score (nSPS) is 22.1. The highest BCUT2D eigenvalue weighted by Gasteiger charge is 2.45. The van der Waals surface area contributed by atoms with E-state index in [0.29, 0.717) is 65.2 Å². The Morgan fingerprint density at radius 1 is 0.976 bits per heavy atom. The lowest BCUT2D eigenvalue weighted by Gasteiger charge is -2.39. The quantitative estimate of drug-likeness (QED) is 0.167. The molecular weight excluding hydrogens is 548 g/mol. The third-order valence-corrected chi connectivity index (χ3v) is 7.70. The number of carbonyl (C=O) groups excluding carboxylic acids is 4. The van der Waals surface area contributed by atoms with Crippen LogP contribution in [0, 0.1) is 5.41 Å². The molecule has 0 aromatic rings. The molecule has 0 saturated carbocycles. The van der Waals surface area contributed by atoms with E-state index in [9.17, 15) is 19.2 Å². The SMILES string of the molecule is CCOC(=O)CC1(C(=O)OCC)CCN(CC2CN(CCN3CCN(C(N)=NC(=O)OC(C)(C)C)CC3)C(=O)O2)CC1. The van der Waals surface area contributed by atoms with Gasteiger partial charge in [-0.15, -0.1) is 4.99 Å². The molecule has 3 heterocycles. The number of carbonyl (C=O) groups is 4. The topological polar surface area (TPSA) is 157 Å². The van der Waals surface area contributed by atoms with Gasteiger partial charge in [0.05, 0.1) is 31.6 Å². The molecule has 0 aliphatic carbocycles. The van der Waals surface area contributed by atoms with Gasteiger partial charge in [0.25, 0.3) is 0 Å². The molecule has 238 valence electrons. The van der Waals surface area contributed by atoms with Crippen LogP contribution in [0.2, 0.25) is 0 Å². The molecule has 3 saturated heterocycles. The maximum Gasteiger partial charge on any atom is 0.437 e. The number of amides is 2. The maximum atomic E-state index is 12.8. The summed E-state index contributed by atoms with van der Waals surface area (Å²) >= 11 is 0. The van der Waals surface area contributed by atoms with Gasteiger partial charge in [-0.05, 0) is 60.5 Å². The number of likely N-dealkylation sites (tertiary alicyclic amines) is 1. The Hall–Kier alpha value is -3.13. The van der Waals surface area contributed by atoms with Crippen LogP contribution in [-0.4, -0.2) is 140 Å². The van der Waals surface area contributed by atoms with Gasteiger partial charge in [0.1, 0.15) is 11.7 Å². The summed E-state index contributed by atoms with van der Waals surface area (Å²) in [4.78, 5) is 61.3. The van der Waals surface area contributed by atoms with Crippen LogP contribution in [-0.2, 0) is 28.5 Å². The van der Waals surface area contributed by atoms with E-state index in [1.54, 1.807) is 39.5 Å². The van der Waals surface area contributed by atoms with Gasteiger partial charge in [-0.25, -0.2) is 9.59 Å². The van der Waals surface area contributed by atoms with Crippen LogP contribution >= 0.6 is 0 Å². The molecule has 14 nitrogen and oxygen atoms in total. The number of piperidine rings is 1. The fraction of sp³-hybridized carbons (Fsp3) is 0.821. The van der Waals surface area contributed by atoms with E-state index in [-0.39, 0.29) is 43.8 Å². The van der Waals surface area contributed by atoms with Gasteiger partial charge >= 0.3 is 24.1 Å². The number of rotatable bonds is 10. The zero-order chi connectivity index (χ0) is 30.9. The van der Waals surface area contributed by atoms with Crippen LogP contribution in [0.25, 0.3) is 0 Å². The minimum absolute atomic E-state index is 0.0110. The molecule has 1 atom stereocenters. The van der Waals surface area contributed by atoms with Crippen LogP contribution in [0.15, 0.2) is 4.99 Å². The number of piperazine rings is 1. The molecule has 0 bridgehead atoms. The monoisotopic (exact) mass is 596 g/mol. The van der Waals surface area contributed by atoms with Crippen molar-refractivity contribution in [3.8, 4) is 0 Å². The van der Waals surface area contributed by atoms with E-state index in [0.717, 1.165) is 13.1 Å². The van der Waals surface area contributed by atoms with Gasteiger partial charge < -0.3 is 34.5 Å². The first-order valence-corrected chi connectivity index (χ1v) is 14.9. The summed E-state index contributed by atoms with van der Waals surface area (Å²) in [7, 11) is 0. The van der Waals surface area contributed by atoms with Gasteiger partial charge in [-0.1, -0.05) is 0 Å². The number of hydrogen-bond donors (Lipinski definition) is 1. The predicted octanol–water partition coefficient (Wildman–Crippen LogP) is 1.27. The molecule has 0 aromatic carbocycles. The van der Waals surface area contributed by atoms with Gasteiger partial charge in [0, 0.05) is 45.8 Å². The summed E-state index contributed by atoms with van der Waals surface area (Å²) in [6.45, 7) is 15.5. The molecule has 0 radical (unpaired) electrons. The Balaban J connectivity index is 1.41. The van der Waals surface area contributed by atoms with Crippen LogP contribution in [0.5, 0.6) is 0 Å². The number of nitrogens with two attached hydrogens (primary N) is 1. The number of nitrogens with zero attached hydrogens (tertiary/aromatic N) is 5. The summed E-state index contributed by atoms with van der Waals surface area (Å²) in [6.07, 6.45) is -0.325. The Bertz CT molecular complexity index is 983. The van der Waals surface area contributed by atoms with Crippen LogP contribution in [0.4, 0.5) is 9.59 Å². The highest BCUT2D eigenvalue weighted by molar-refractivity contribution is 5.89. The number of hydrogen-bond acceptors (Lipinski definition) is 10. The van der Waals surface area contributed by atoms with E-state index < -0.39 is 23.1 Å². The first-order valence-electron chi connectivity index (χ1n) is 14.9. The van der Waals surface area contributed by atoms with Crippen LogP contribution in [0.3, 0.4) is 0 Å². The average molecular weight is 597 g/mol. The average Bonchev–Trinajstić information content (AvgIpc) is 3.26. The fourth-order valence-corrected chi connectivity index (χ4v) is 5.44. The first kappa shape index (κ1) is 33.4. The third kappa shape index (κ3) is 9.72. The van der Waals surface area contributed by atoms with Gasteiger partial charge in [0.2, 0.25) is 5.96 Å². The lowest BCUT2D eigenvalue weighted by atomic mass is 9.75. The minimum atomic E-state index is -0.882. The van der Waals surface area contributed by atoms with Crippen molar-refractivity contribution in [3.63, 3.8) is 0 Å². The van der Waals surface area contributed by atoms with Crippen molar-refractivity contribution in [1.82, 2.24) is 19.6 Å². The minimum Gasteiger partial charge on any atom is -0.466 e. The van der Waals surface area contributed by atoms with Crippen molar-refractivity contribution in [2.24, 2.45) is 16.1 Å². The predicted molar refractivity (Wildman–Crippen MR) is 154 cm³/mol. The van der Waals surface area contributed by atoms with Crippen LogP contribution < -0.4 is 5.73 Å². The Morgan fingerprint density at radius 3 is 2.21 bits per heavy atom. The molecule has 0 spiro atoms. The Morgan fingerprint density at radius 2 is 1.62 bits per heavy atom. The zero-order valence-electron chi connectivity index (χ0n) is 25.8. The van der Waals surface area contributed by atoms with Crippen molar-refractivity contribution in [2.75, 3.05) is 78.7 Å². The van der Waals surface area contributed by atoms with Crippen molar-refractivity contribution >= 4 is 30.1 Å². The van der Waals surface area contributed by atoms with E-state index in [4.69, 9.17) is 24.7 Å². The molecule has 14 heteroatoms. The summed E-state index contributed by atoms with van der Waals surface area (Å²) < 4.78 is 21.3. The lowest BCUT2D eigenvalue weighted by molar-refractivity contribution is -0.165. The first-order chi connectivity index (χ1) is 19.8. The molecule has 3 aliphatic rings. The van der Waals surface area contributed by atoms with Crippen molar-refractivity contribution < 1.29 is 38.1 Å². The van der Waals surface area contributed by atoms with Gasteiger partial charge in [0.15, 0.2) is 0 Å². The summed E-state index contributed by atoms with van der Waals surface area (Å²) in [5.74, 6) is -0.596. The highest BCUT2D eigenvalue weighted by atomic mass is 16.6. The van der Waals surface area contributed by atoms with E-state index in [1.807, 2.05) is 4.90 Å². The molecule has 42 heavy (non-hydrogen) atoms. The third-order valence-electron chi connectivity index (χ3n) is 7.70. The molecule has 3 rings (SSSR count). The molecule has 2 N–H and O–H groups in total. The Kier molecular flexibility index (Phi) is 11.8. The zero-order valence-corrected chi connectivity index (χ0v) is 25.8. The number of aliphatic imine (C=N–C) groups is 1. The Labute approximate surface area is 248 Å². The summed E-state index contributed by atoms with van der Waals surface area (Å²) in [6, 6.07) is 0. The van der Waals surface area contributed by atoms with Gasteiger partial charge in [-0.3, -0.25) is 19.4 Å². The van der Waals surface area contributed by atoms with Crippen LogP contribution in [0.1, 0.15) is 53.9 Å². The summed E-state index contributed by atoms with van der Waals surface area (Å²) in [5, 5.41) is 0. The van der Waals surface area contributed by atoms with Crippen molar-refractivity contribution in [3.05, 3.63) is 0 Å². The van der Waals surface area contributed by atoms with Crippen molar-refractivity contribution in [2.45, 2.75) is 65.6 Å². The lowest BCUT2D eigenvalue weighted by Crippen LogP contribution is -2.52. The molecule has 2 amide bonds. The fourth-order valence-electron chi connectivity index (χ4n) is 5.44. The second-order valence-electron chi connectivity index (χ2n) is 12.0. The van der Waals surface area contributed by atoms with Gasteiger partial charge in [-0.2, -0.15) is 0 Å². The standard InChI is InChI=1S/C28H48N6O8/c1-6-39-22(35)18-28(23(36)40-7-2)8-10-32(11-9-28)19-21-20-34(26(38)41-21)17-14-31-12-15-33(16-13-31)24(29)30-25(37)42-27(3,4)5/h21H,6-20H2,1-5H3,(H2,29,30,37). The number of cyclic esters (lactones) is 1. The number of ether oxygens (including phenoxy) is 4. The molecule has 0 aromatic heterocycles. The number of esters is 2. The second kappa shape index (κ2) is 14.9. The smallest absolute Gasteiger partial charge is 0.437 e. The molecule has 1 unspecified atom stereocenters. The van der Waals surface area contributed by atoms with E-state index in [1.165, 1.54) is 0 Å². The molecule has 3 fully saturated rings. The summed E-state index contributed by atoms with van der Waals surface area (Å²) in [5.41, 5.74) is 4.50. The second-order valence-corrected chi connectivity index (χ2v) is 12.0.